The Morgan fingerprint density at radius 3 is 2.75 bits per heavy atom. The molecule has 0 spiro atoms. The van der Waals surface area contributed by atoms with Crippen molar-refractivity contribution < 1.29 is 4.74 Å². The van der Waals surface area contributed by atoms with Gasteiger partial charge in [-0.2, -0.15) is 0 Å². The minimum Gasteiger partial charge on any atom is -0.497 e. The molecular weight excluding hydrogens is 202 g/mol. The second-order valence-electron chi connectivity index (χ2n) is 3.60. The molecule has 0 aliphatic rings. The maximum atomic E-state index is 8.36. The standard InChI is InChI=1S/C12H15N3O/c1-9(2)12(8-14-15-13)10-5-4-6-11(7-10)16-3/h4-7H,8H2,1-3H3. The highest BCUT2D eigenvalue weighted by Crippen LogP contribution is 2.23. The molecule has 0 fully saturated rings. The fourth-order valence-corrected chi connectivity index (χ4v) is 1.45. The Morgan fingerprint density at radius 1 is 1.44 bits per heavy atom. The molecule has 1 aromatic rings. The fraction of sp³-hybridized carbons (Fsp3) is 0.333. The second-order valence-corrected chi connectivity index (χ2v) is 3.60. The minimum atomic E-state index is 0.367. The van der Waals surface area contributed by atoms with Crippen LogP contribution in [0.2, 0.25) is 0 Å². The first-order valence-corrected chi connectivity index (χ1v) is 5.00. The predicted octanol–water partition coefficient (Wildman–Crippen LogP) is 3.80. The lowest BCUT2D eigenvalue weighted by molar-refractivity contribution is 0.414. The average molecular weight is 217 g/mol. The van der Waals surface area contributed by atoms with E-state index in [1.165, 1.54) is 0 Å². The summed E-state index contributed by atoms with van der Waals surface area (Å²) in [6.07, 6.45) is 0. The van der Waals surface area contributed by atoms with Gasteiger partial charge in [-0.3, -0.25) is 0 Å². The molecule has 4 heteroatoms. The summed E-state index contributed by atoms with van der Waals surface area (Å²) in [4.78, 5) is 2.79. The molecule has 1 rings (SSSR count). The van der Waals surface area contributed by atoms with E-state index in [9.17, 15) is 0 Å². The maximum Gasteiger partial charge on any atom is 0.119 e. The molecule has 0 aliphatic carbocycles. The van der Waals surface area contributed by atoms with E-state index >= 15 is 0 Å². The van der Waals surface area contributed by atoms with Crippen molar-refractivity contribution in [3.8, 4) is 5.75 Å². The number of nitrogens with zero attached hydrogens (tertiary/aromatic N) is 3. The number of allylic oxidation sites excluding steroid dienone is 1. The number of rotatable bonds is 4. The molecule has 0 aromatic heterocycles. The van der Waals surface area contributed by atoms with Crippen LogP contribution < -0.4 is 4.74 Å². The van der Waals surface area contributed by atoms with Gasteiger partial charge in [0, 0.05) is 4.91 Å². The third kappa shape index (κ3) is 3.04. The number of ether oxygens (including phenoxy) is 1. The van der Waals surface area contributed by atoms with E-state index in [0.29, 0.717) is 6.54 Å². The zero-order chi connectivity index (χ0) is 12.0. The number of hydrogen-bond donors (Lipinski definition) is 0. The van der Waals surface area contributed by atoms with Gasteiger partial charge in [-0.1, -0.05) is 22.8 Å². The molecule has 0 radical (unpaired) electrons. The van der Waals surface area contributed by atoms with Crippen molar-refractivity contribution in [3.63, 3.8) is 0 Å². The molecule has 0 heterocycles. The summed E-state index contributed by atoms with van der Waals surface area (Å²) < 4.78 is 5.16. The molecule has 4 nitrogen and oxygen atoms in total. The Labute approximate surface area is 95.2 Å². The van der Waals surface area contributed by atoms with E-state index < -0.39 is 0 Å². The summed E-state index contributed by atoms with van der Waals surface area (Å²) in [5.41, 5.74) is 11.6. The van der Waals surface area contributed by atoms with Gasteiger partial charge in [0.1, 0.15) is 5.75 Å². The van der Waals surface area contributed by atoms with E-state index in [1.807, 2.05) is 38.1 Å². The molecule has 0 bridgehead atoms. The molecule has 0 N–H and O–H groups in total. The zero-order valence-electron chi connectivity index (χ0n) is 9.77. The molecule has 0 amide bonds. The first-order valence-electron chi connectivity index (χ1n) is 5.00. The van der Waals surface area contributed by atoms with Crippen molar-refractivity contribution in [2.45, 2.75) is 13.8 Å². The van der Waals surface area contributed by atoms with E-state index in [2.05, 4.69) is 10.0 Å². The fourth-order valence-electron chi connectivity index (χ4n) is 1.45. The molecule has 84 valence electrons. The van der Waals surface area contributed by atoms with Gasteiger partial charge in [0.25, 0.3) is 0 Å². The van der Waals surface area contributed by atoms with Crippen molar-refractivity contribution >= 4 is 5.57 Å². The SMILES string of the molecule is COc1cccc(C(CN=[N+]=[N-])=C(C)C)c1. The Bertz CT molecular complexity index is 441. The lowest BCUT2D eigenvalue weighted by Crippen LogP contribution is -1.92. The van der Waals surface area contributed by atoms with Crippen LogP contribution in [0.4, 0.5) is 0 Å². The van der Waals surface area contributed by atoms with E-state index in [4.69, 9.17) is 10.3 Å². The predicted molar refractivity (Wildman–Crippen MR) is 65.3 cm³/mol. The van der Waals surface area contributed by atoms with E-state index in [-0.39, 0.29) is 0 Å². The normalized spacial score (nSPS) is 9.19. The van der Waals surface area contributed by atoms with Crippen molar-refractivity contribution in [2.75, 3.05) is 13.7 Å². The quantitative estimate of drug-likeness (QED) is 0.430. The zero-order valence-corrected chi connectivity index (χ0v) is 9.77. The summed E-state index contributed by atoms with van der Waals surface area (Å²) in [6, 6.07) is 7.74. The molecule has 0 atom stereocenters. The number of hydrogen-bond acceptors (Lipinski definition) is 2. The van der Waals surface area contributed by atoms with Crippen LogP contribution in [0.25, 0.3) is 16.0 Å². The molecule has 0 saturated heterocycles. The van der Waals surface area contributed by atoms with Crippen molar-refractivity contribution in [3.05, 3.63) is 45.8 Å². The monoisotopic (exact) mass is 217 g/mol. The number of methoxy groups -OCH3 is 1. The number of benzene rings is 1. The number of azide groups is 1. The summed E-state index contributed by atoms with van der Waals surface area (Å²) in [7, 11) is 1.63. The summed E-state index contributed by atoms with van der Waals surface area (Å²) >= 11 is 0. The van der Waals surface area contributed by atoms with Gasteiger partial charge in [-0.25, -0.2) is 0 Å². The Kier molecular flexibility index (Phi) is 4.42. The van der Waals surface area contributed by atoms with Gasteiger partial charge in [-0.05, 0) is 42.6 Å². The Balaban J connectivity index is 3.11. The Hall–Kier alpha value is -1.93. The molecule has 0 unspecified atom stereocenters. The highest BCUT2D eigenvalue weighted by atomic mass is 16.5. The smallest absolute Gasteiger partial charge is 0.119 e. The van der Waals surface area contributed by atoms with Crippen LogP contribution in [0.15, 0.2) is 35.0 Å². The lowest BCUT2D eigenvalue weighted by Gasteiger charge is -2.09. The average Bonchev–Trinajstić information content (AvgIpc) is 2.29. The van der Waals surface area contributed by atoms with Crippen LogP contribution in [0.3, 0.4) is 0 Å². The van der Waals surface area contributed by atoms with Crippen molar-refractivity contribution in [1.29, 1.82) is 0 Å². The van der Waals surface area contributed by atoms with Crippen molar-refractivity contribution in [1.82, 2.24) is 0 Å². The topological polar surface area (TPSA) is 58.0 Å². The van der Waals surface area contributed by atoms with Gasteiger partial charge in [0.05, 0.1) is 13.7 Å². The van der Waals surface area contributed by atoms with Crippen molar-refractivity contribution in [2.24, 2.45) is 5.11 Å². The van der Waals surface area contributed by atoms with Crippen LogP contribution >= 0.6 is 0 Å². The summed E-state index contributed by atoms with van der Waals surface area (Å²) in [5, 5.41) is 3.61. The molecule has 0 saturated carbocycles. The van der Waals surface area contributed by atoms with Gasteiger partial charge in [0.15, 0.2) is 0 Å². The summed E-state index contributed by atoms with van der Waals surface area (Å²) in [6.45, 7) is 4.37. The maximum absolute atomic E-state index is 8.36. The molecule has 16 heavy (non-hydrogen) atoms. The highest BCUT2D eigenvalue weighted by Gasteiger charge is 2.03. The molecular formula is C12H15N3O. The van der Waals surface area contributed by atoms with Gasteiger partial charge in [-0.15, -0.1) is 0 Å². The highest BCUT2D eigenvalue weighted by molar-refractivity contribution is 5.70. The lowest BCUT2D eigenvalue weighted by atomic mass is 10.0. The third-order valence-corrected chi connectivity index (χ3v) is 2.31. The van der Waals surface area contributed by atoms with Crippen LogP contribution in [-0.2, 0) is 0 Å². The van der Waals surface area contributed by atoms with Gasteiger partial charge in [0.2, 0.25) is 0 Å². The molecule has 1 aromatic carbocycles. The van der Waals surface area contributed by atoms with E-state index in [0.717, 1.165) is 22.5 Å². The molecule has 0 aliphatic heterocycles. The van der Waals surface area contributed by atoms with Crippen LogP contribution in [0.5, 0.6) is 5.75 Å². The second kappa shape index (κ2) is 5.83. The van der Waals surface area contributed by atoms with Crippen LogP contribution in [-0.4, -0.2) is 13.7 Å². The van der Waals surface area contributed by atoms with Crippen LogP contribution in [0, 0.1) is 0 Å². The summed E-state index contributed by atoms with van der Waals surface area (Å²) in [5.74, 6) is 0.803. The first-order chi connectivity index (χ1) is 7.69. The first kappa shape index (κ1) is 12.1. The minimum absolute atomic E-state index is 0.367. The van der Waals surface area contributed by atoms with Crippen LogP contribution in [0.1, 0.15) is 19.4 Å². The van der Waals surface area contributed by atoms with Gasteiger partial charge >= 0.3 is 0 Å². The van der Waals surface area contributed by atoms with E-state index in [1.54, 1.807) is 7.11 Å². The largest absolute Gasteiger partial charge is 0.497 e. The Morgan fingerprint density at radius 2 is 2.19 bits per heavy atom. The third-order valence-electron chi connectivity index (χ3n) is 2.31. The van der Waals surface area contributed by atoms with Gasteiger partial charge < -0.3 is 4.74 Å².